The fourth-order valence-corrected chi connectivity index (χ4v) is 8.11. The third-order valence-electron chi connectivity index (χ3n) is 9.07. The van der Waals surface area contributed by atoms with Crippen molar-refractivity contribution in [1.29, 1.82) is 0 Å². The molecule has 1 fully saturated rings. The van der Waals surface area contributed by atoms with Crippen LogP contribution in [-0.2, 0) is 6.54 Å². The Bertz CT molecular complexity index is 1900. The molecule has 5 rings (SSSR count). The lowest BCUT2D eigenvalue weighted by Crippen LogP contribution is -2.49. The van der Waals surface area contributed by atoms with Crippen LogP contribution in [0, 0.1) is 17.0 Å². The maximum absolute atomic E-state index is 14.9. The number of carboxylic acid groups (broad SMARTS) is 1. The zero-order chi connectivity index (χ0) is 36.5. The first-order chi connectivity index (χ1) is 23.6. The fourth-order valence-electron chi connectivity index (χ4n) is 6.61. The summed E-state index contributed by atoms with van der Waals surface area (Å²) in [5, 5.41) is 9.77. The van der Waals surface area contributed by atoms with Gasteiger partial charge in [0.15, 0.2) is 0 Å². The molecule has 3 amide bonds. The van der Waals surface area contributed by atoms with Crippen molar-refractivity contribution in [3.8, 4) is 16.9 Å². The number of amides is 3. The van der Waals surface area contributed by atoms with E-state index in [9.17, 15) is 28.3 Å². The monoisotopic (exact) mass is 725 g/mol. The number of fused-ring (bicyclic) bond motifs is 1. The molecule has 4 aromatic rings. The highest BCUT2D eigenvalue weighted by Crippen LogP contribution is 2.41. The number of nitrogens with zero attached hydrogens (tertiary/aromatic N) is 3. The van der Waals surface area contributed by atoms with E-state index in [0.29, 0.717) is 49.1 Å². The second kappa shape index (κ2) is 14.9. The van der Waals surface area contributed by atoms with Gasteiger partial charge in [-0.05, 0) is 78.6 Å². The Morgan fingerprint density at radius 1 is 0.880 bits per heavy atom. The quantitative estimate of drug-likeness (QED) is 0.186. The number of hydrogen-bond donors (Lipinski definition) is 1. The molecule has 1 heterocycles. The Kier molecular flexibility index (Phi) is 11.1. The Morgan fingerprint density at radius 2 is 1.46 bits per heavy atom. The molecule has 0 unspecified atom stereocenters. The Hall–Kier alpha value is -4.22. The van der Waals surface area contributed by atoms with Crippen LogP contribution in [0.5, 0.6) is 5.75 Å². The molecular weight excluding hydrogens is 684 g/mol. The molecule has 8 nitrogen and oxygen atoms in total. The van der Waals surface area contributed by atoms with E-state index in [4.69, 9.17) is 16.3 Å². The van der Waals surface area contributed by atoms with E-state index >= 15 is 0 Å². The minimum absolute atomic E-state index is 0.0305. The van der Waals surface area contributed by atoms with Gasteiger partial charge >= 0.3 is 6.09 Å². The molecular formula is C38H42ClF2N3O5S. The number of halogens is 3. The molecule has 0 spiro atoms. The molecule has 0 aliphatic heterocycles. The van der Waals surface area contributed by atoms with Crippen molar-refractivity contribution in [2.75, 3.05) is 27.7 Å². The zero-order valence-electron chi connectivity index (χ0n) is 29.1. The summed E-state index contributed by atoms with van der Waals surface area (Å²) in [5.41, 5.74) is 2.71. The Labute approximate surface area is 300 Å². The second-order valence-electron chi connectivity index (χ2n) is 14.1. The van der Waals surface area contributed by atoms with Crippen LogP contribution in [0.25, 0.3) is 21.2 Å². The molecule has 3 aromatic carbocycles. The largest absolute Gasteiger partial charge is 0.496 e. The molecule has 0 atom stereocenters. The molecule has 1 aliphatic carbocycles. The number of hydrogen-bond acceptors (Lipinski definition) is 5. The first kappa shape index (κ1) is 37.0. The number of carbonyl (C=O) groups excluding carboxylic acids is 2. The highest BCUT2D eigenvalue weighted by molar-refractivity contribution is 7.21. The van der Waals surface area contributed by atoms with Gasteiger partial charge in [0.25, 0.3) is 11.8 Å². The maximum atomic E-state index is 14.9. The molecule has 266 valence electrons. The van der Waals surface area contributed by atoms with Crippen molar-refractivity contribution in [2.24, 2.45) is 5.41 Å². The van der Waals surface area contributed by atoms with Gasteiger partial charge in [-0.25, -0.2) is 13.6 Å². The van der Waals surface area contributed by atoms with E-state index in [1.807, 2.05) is 51.1 Å². The number of methoxy groups -OCH3 is 1. The molecule has 12 heteroatoms. The lowest BCUT2D eigenvalue weighted by Gasteiger charge is -2.41. The lowest BCUT2D eigenvalue weighted by atomic mass is 9.87. The molecule has 1 N–H and O–H groups in total. The standard InChI is InChI=1S/C38H42ClF2N3O5S/c1-38(2,3)21-44(37(47)48)27-14-12-26(13-15-27)43(36(46)34-32(39)31-28(40)16-17-29(41)33(31)50-34)20-25-19-24(11-18-30(25)49-6)22-7-9-23(10-8-22)35(45)42(4)5/h7-11,16-19,26-27H,12-15,20-21H2,1-6H3,(H,47,48). The van der Waals surface area contributed by atoms with Crippen LogP contribution in [0.4, 0.5) is 13.6 Å². The number of carbonyl (C=O) groups is 3. The van der Waals surface area contributed by atoms with Crippen LogP contribution in [0.3, 0.4) is 0 Å². The molecule has 0 saturated heterocycles. The van der Waals surface area contributed by atoms with Gasteiger partial charge < -0.3 is 24.5 Å². The predicted molar refractivity (Wildman–Crippen MR) is 193 cm³/mol. The van der Waals surface area contributed by atoms with Gasteiger partial charge in [-0.2, -0.15) is 0 Å². The average molecular weight is 726 g/mol. The van der Waals surface area contributed by atoms with Crippen molar-refractivity contribution in [1.82, 2.24) is 14.7 Å². The van der Waals surface area contributed by atoms with Gasteiger partial charge in [-0.1, -0.05) is 50.6 Å². The van der Waals surface area contributed by atoms with Crippen molar-refractivity contribution in [3.63, 3.8) is 0 Å². The maximum Gasteiger partial charge on any atom is 0.407 e. The van der Waals surface area contributed by atoms with Gasteiger partial charge in [0, 0.05) is 50.4 Å². The summed E-state index contributed by atoms with van der Waals surface area (Å²) in [6, 6.07) is 14.4. The SMILES string of the molecule is COc1ccc(-c2ccc(C(=O)N(C)C)cc2)cc1CN(C(=O)c1sc2c(F)ccc(F)c2c1Cl)C1CCC(N(CC(C)(C)C)C(=O)O)CC1. The van der Waals surface area contributed by atoms with Crippen LogP contribution >= 0.6 is 22.9 Å². The number of rotatable bonds is 9. The average Bonchev–Trinajstić information content (AvgIpc) is 3.44. The first-order valence-corrected chi connectivity index (χ1v) is 17.6. The number of ether oxygens (including phenoxy) is 1. The molecule has 1 saturated carbocycles. The Morgan fingerprint density at radius 3 is 2.00 bits per heavy atom. The highest BCUT2D eigenvalue weighted by Gasteiger charge is 2.36. The normalized spacial score (nSPS) is 16.3. The van der Waals surface area contributed by atoms with Crippen molar-refractivity contribution >= 4 is 50.9 Å². The second-order valence-corrected chi connectivity index (χ2v) is 15.5. The van der Waals surface area contributed by atoms with E-state index < -0.39 is 23.6 Å². The van der Waals surface area contributed by atoms with E-state index in [-0.39, 0.29) is 49.9 Å². The highest BCUT2D eigenvalue weighted by atomic mass is 35.5. The van der Waals surface area contributed by atoms with Gasteiger partial charge in [0.2, 0.25) is 0 Å². The third-order valence-corrected chi connectivity index (χ3v) is 10.7. The summed E-state index contributed by atoms with van der Waals surface area (Å²) < 4.78 is 35.4. The topological polar surface area (TPSA) is 90.4 Å². The van der Waals surface area contributed by atoms with Gasteiger partial charge in [-0.3, -0.25) is 9.59 Å². The number of benzene rings is 3. The van der Waals surface area contributed by atoms with Gasteiger partial charge in [0.1, 0.15) is 22.3 Å². The van der Waals surface area contributed by atoms with Crippen LogP contribution in [0.15, 0.2) is 54.6 Å². The summed E-state index contributed by atoms with van der Waals surface area (Å²) >= 11 is 7.45. The predicted octanol–water partition coefficient (Wildman–Crippen LogP) is 9.19. The molecule has 0 radical (unpaired) electrons. The summed E-state index contributed by atoms with van der Waals surface area (Å²) in [6.45, 7) is 6.46. The van der Waals surface area contributed by atoms with Crippen LogP contribution < -0.4 is 4.74 Å². The zero-order valence-corrected chi connectivity index (χ0v) is 30.6. The van der Waals surface area contributed by atoms with Crippen molar-refractivity contribution < 1.29 is 33.0 Å². The van der Waals surface area contributed by atoms with Gasteiger partial charge in [0.05, 0.1) is 22.2 Å². The van der Waals surface area contributed by atoms with Crippen molar-refractivity contribution in [3.05, 3.63) is 87.3 Å². The van der Waals surface area contributed by atoms with E-state index in [1.165, 1.54) is 9.80 Å². The third kappa shape index (κ3) is 7.89. The van der Waals surface area contributed by atoms with Crippen LogP contribution in [-0.4, -0.2) is 77.5 Å². The van der Waals surface area contributed by atoms with Gasteiger partial charge in [-0.15, -0.1) is 11.3 Å². The minimum atomic E-state index is -0.974. The van der Waals surface area contributed by atoms with Crippen LogP contribution in [0.2, 0.25) is 5.02 Å². The molecule has 1 aromatic heterocycles. The summed E-state index contributed by atoms with van der Waals surface area (Å²) in [5.74, 6) is -1.42. The Balaban J connectivity index is 1.51. The summed E-state index contributed by atoms with van der Waals surface area (Å²) in [4.78, 5) is 43.9. The molecule has 1 aliphatic rings. The molecule has 0 bridgehead atoms. The minimum Gasteiger partial charge on any atom is -0.496 e. The summed E-state index contributed by atoms with van der Waals surface area (Å²) in [6.07, 6.45) is 1.13. The molecule has 50 heavy (non-hydrogen) atoms. The number of thiophene rings is 1. The fraction of sp³-hybridized carbons (Fsp3) is 0.395. The first-order valence-electron chi connectivity index (χ1n) is 16.4. The van der Waals surface area contributed by atoms with E-state index in [2.05, 4.69) is 0 Å². The summed E-state index contributed by atoms with van der Waals surface area (Å²) in [7, 11) is 4.93. The van der Waals surface area contributed by atoms with Crippen molar-refractivity contribution in [2.45, 2.75) is 65.1 Å². The van der Waals surface area contributed by atoms with E-state index in [1.54, 1.807) is 38.2 Å². The van der Waals surface area contributed by atoms with Crippen LogP contribution in [0.1, 0.15) is 72.0 Å². The van der Waals surface area contributed by atoms with E-state index in [0.717, 1.165) is 34.6 Å². The smallest absolute Gasteiger partial charge is 0.407 e. The lowest BCUT2D eigenvalue weighted by molar-refractivity contribution is 0.0492.